The molecule has 0 atom stereocenters. The van der Waals surface area contributed by atoms with Crippen molar-refractivity contribution in [3.63, 3.8) is 0 Å². The molecule has 0 aliphatic rings. The van der Waals surface area contributed by atoms with Crippen molar-refractivity contribution in [1.29, 1.82) is 0 Å². The van der Waals surface area contributed by atoms with Gasteiger partial charge in [-0.15, -0.1) is 0 Å². The summed E-state index contributed by atoms with van der Waals surface area (Å²) in [5.74, 6) is -0.208. The molecule has 0 saturated heterocycles. The number of hydrogen-bond donors (Lipinski definition) is 6. The number of rotatable bonds is 15. The van der Waals surface area contributed by atoms with Gasteiger partial charge in [-0.2, -0.15) is 0 Å². The number of carbonyl (C=O) groups is 2. The molecule has 8 nitrogen and oxygen atoms in total. The first-order valence-corrected chi connectivity index (χ1v) is 13.6. The van der Waals surface area contributed by atoms with Crippen LogP contribution < -0.4 is 21.3 Å². The van der Waals surface area contributed by atoms with Gasteiger partial charge in [0.2, 0.25) is 0 Å². The second-order valence-electron chi connectivity index (χ2n) is 7.12. The predicted octanol–water partition coefficient (Wildman–Crippen LogP) is 4.29. The Kier molecular flexibility index (Phi) is 13.2. The molecule has 0 fully saturated rings. The van der Waals surface area contributed by atoms with Crippen molar-refractivity contribution in [2.24, 2.45) is 0 Å². The largest absolute Gasteiger partial charge is 0.351 e. The Labute approximate surface area is 221 Å². The maximum Gasteiger partial charge on any atom is 0.267 e. The van der Waals surface area contributed by atoms with Gasteiger partial charge in [0.15, 0.2) is 0 Å². The highest BCUT2D eigenvalue weighted by Gasteiger charge is 2.11. The summed E-state index contributed by atoms with van der Waals surface area (Å²) in [5.41, 5.74) is 1.07. The van der Waals surface area contributed by atoms with Crippen molar-refractivity contribution in [1.82, 2.24) is 31.2 Å². The molecule has 0 spiro atoms. The molecule has 0 aliphatic heterocycles. The number of nitrogens with one attached hydrogen (secondary N) is 6. The van der Waals surface area contributed by atoms with Gasteiger partial charge in [-0.3, -0.25) is 9.59 Å². The third kappa shape index (κ3) is 10.1. The SMILES string of the molecule is O=C(NCCCNCCCCNCCCNC(=O)c1cc(Br)c(Br)[nH]1)c1cc(Br)c(Br)[nH]1. The van der Waals surface area contributed by atoms with Crippen molar-refractivity contribution >= 4 is 75.5 Å². The van der Waals surface area contributed by atoms with Crippen LogP contribution in [0.15, 0.2) is 30.3 Å². The van der Waals surface area contributed by atoms with E-state index in [2.05, 4.69) is 95.0 Å². The zero-order chi connectivity index (χ0) is 23.3. The number of halogens is 4. The van der Waals surface area contributed by atoms with Crippen molar-refractivity contribution in [2.45, 2.75) is 25.7 Å². The minimum atomic E-state index is -0.104. The summed E-state index contributed by atoms with van der Waals surface area (Å²) in [7, 11) is 0. The highest BCUT2D eigenvalue weighted by Crippen LogP contribution is 2.23. The summed E-state index contributed by atoms with van der Waals surface area (Å²) in [6.45, 7) is 4.94. The molecule has 6 N–H and O–H groups in total. The second-order valence-corrected chi connectivity index (χ2v) is 10.4. The summed E-state index contributed by atoms with van der Waals surface area (Å²) in [5, 5.41) is 12.6. The molecule has 0 aliphatic carbocycles. The molecule has 2 amide bonds. The van der Waals surface area contributed by atoms with Crippen LogP contribution in [0.3, 0.4) is 0 Å². The van der Waals surface area contributed by atoms with E-state index in [1.165, 1.54) is 0 Å². The predicted molar refractivity (Wildman–Crippen MR) is 141 cm³/mol. The number of H-pyrrole nitrogens is 2. The molecule has 0 unspecified atom stereocenters. The van der Waals surface area contributed by atoms with E-state index in [1.54, 1.807) is 12.1 Å². The van der Waals surface area contributed by atoms with E-state index < -0.39 is 0 Å². The number of aromatic amines is 2. The van der Waals surface area contributed by atoms with Gasteiger partial charge in [-0.1, -0.05) is 0 Å². The van der Waals surface area contributed by atoms with E-state index in [4.69, 9.17) is 0 Å². The van der Waals surface area contributed by atoms with Gasteiger partial charge in [0.1, 0.15) is 11.4 Å². The van der Waals surface area contributed by atoms with Gasteiger partial charge >= 0.3 is 0 Å². The molecular formula is C20H28Br4N6O2. The molecule has 12 heteroatoms. The average molecular weight is 704 g/mol. The molecule has 0 aromatic carbocycles. The fourth-order valence-electron chi connectivity index (χ4n) is 2.82. The summed E-state index contributed by atoms with van der Waals surface area (Å²) < 4.78 is 3.20. The number of amides is 2. The Balaban J connectivity index is 1.35. The van der Waals surface area contributed by atoms with Crippen molar-refractivity contribution in [2.75, 3.05) is 39.3 Å². The Morgan fingerprint density at radius 3 is 1.34 bits per heavy atom. The average Bonchev–Trinajstić information content (AvgIpc) is 3.28. The van der Waals surface area contributed by atoms with E-state index in [9.17, 15) is 9.59 Å². The normalized spacial score (nSPS) is 11.0. The van der Waals surface area contributed by atoms with E-state index >= 15 is 0 Å². The first-order chi connectivity index (χ1) is 15.4. The lowest BCUT2D eigenvalue weighted by Crippen LogP contribution is -2.28. The van der Waals surface area contributed by atoms with Gasteiger partial charge in [0.25, 0.3) is 11.8 Å². The molecule has 0 radical (unpaired) electrons. The fraction of sp³-hybridized carbons (Fsp3) is 0.500. The maximum atomic E-state index is 12.0. The van der Waals surface area contributed by atoms with Gasteiger partial charge < -0.3 is 31.2 Å². The van der Waals surface area contributed by atoms with E-state index in [0.717, 1.165) is 70.0 Å². The van der Waals surface area contributed by atoms with Crippen molar-refractivity contribution in [3.05, 3.63) is 41.7 Å². The summed E-state index contributed by atoms with van der Waals surface area (Å²) in [6.07, 6.45) is 3.96. The Bertz CT molecular complexity index is 761. The Hall–Kier alpha value is -0.660. The lowest BCUT2D eigenvalue weighted by molar-refractivity contribution is 0.0940. The fourth-order valence-corrected chi connectivity index (χ4v) is 4.14. The molecule has 2 rings (SSSR count). The molecule has 0 saturated carbocycles. The molecule has 2 aromatic heterocycles. The number of aromatic nitrogens is 2. The second kappa shape index (κ2) is 15.3. The topological polar surface area (TPSA) is 114 Å². The summed E-state index contributed by atoms with van der Waals surface area (Å²) in [4.78, 5) is 29.9. The van der Waals surface area contributed by atoms with Crippen LogP contribution in [0, 0.1) is 0 Å². The maximum absolute atomic E-state index is 12.0. The lowest BCUT2D eigenvalue weighted by Gasteiger charge is -2.07. The third-order valence-corrected chi connectivity index (χ3v) is 8.09. The van der Waals surface area contributed by atoms with Crippen LogP contribution in [0.2, 0.25) is 0 Å². The van der Waals surface area contributed by atoms with Crippen LogP contribution in [0.1, 0.15) is 46.7 Å². The summed E-state index contributed by atoms with van der Waals surface area (Å²) in [6, 6.07) is 3.51. The smallest absolute Gasteiger partial charge is 0.267 e. The zero-order valence-electron chi connectivity index (χ0n) is 17.6. The number of unbranched alkanes of at least 4 members (excludes halogenated alkanes) is 1. The molecule has 178 valence electrons. The third-order valence-electron chi connectivity index (χ3n) is 4.53. The monoisotopic (exact) mass is 700 g/mol. The molecular weight excluding hydrogens is 676 g/mol. The number of carbonyl (C=O) groups excluding carboxylic acids is 2. The van der Waals surface area contributed by atoms with Crippen LogP contribution in [-0.2, 0) is 0 Å². The molecule has 0 bridgehead atoms. The van der Waals surface area contributed by atoms with Crippen LogP contribution in [0.25, 0.3) is 0 Å². The molecule has 2 aromatic rings. The summed E-state index contributed by atoms with van der Waals surface area (Å²) >= 11 is 13.4. The minimum absolute atomic E-state index is 0.104. The highest BCUT2D eigenvalue weighted by molar-refractivity contribution is 9.13. The van der Waals surface area contributed by atoms with E-state index in [-0.39, 0.29) is 11.8 Å². The van der Waals surface area contributed by atoms with Crippen LogP contribution in [0.4, 0.5) is 0 Å². The standard InChI is InChI=1S/C20H28Br4N6O2/c21-13-11-15(29-17(13)23)19(31)27-9-3-7-25-5-1-2-6-26-8-4-10-28-20(32)16-12-14(22)18(24)30-16/h11-12,25-26,29-30H,1-10H2,(H,27,31)(H,28,32). The van der Waals surface area contributed by atoms with Crippen LogP contribution in [0.5, 0.6) is 0 Å². The number of hydrogen-bond acceptors (Lipinski definition) is 4. The molecule has 32 heavy (non-hydrogen) atoms. The highest BCUT2D eigenvalue weighted by atomic mass is 79.9. The van der Waals surface area contributed by atoms with Gasteiger partial charge in [-0.25, -0.2) is 0 Å². The minimum Gasteiger partial charge on any atom is -0.351 e. The first kappa shape index (κ1) is 27.6. The van der Waals surface area contributed by atoms with Crippen molar-refractivity contribution < 1.29 is 9.59 Å². The zero-order valence-corrected chi connectivity index (χ0v) is 23.9. The van der Waals surface area contributed by atoms with Gasteiger partial charge in [-0.05, 0) is 128 Å². The first-order valence-electron chi connectivity index (χ1n) is 10.4. The van der Waals surface area contributed by atoms with Crippen LogP contribution >= 0.6 is 63.7 Å². The van der Waals surface area contributed by atoms with Crippen molar-refractivity contribution in [3.8, 4) is 0 Å². The Morgan fingerprint density at radius 1 is 0.625 bits per heavy atom. The van der Waals surface area contributed by atoms with Gasteiger partial charge in [0, 0.05) is 13.1 Å². The van der Waals surface area contributed by atoms with Crippen LogP contribution in [-0.4, -0.2) is 61.1 Å². The molecule has 2 heterocycles. The van der Waals surface area contributed by atoms with E-state index in [0.29, 0.717) is 24.5 Å². The Morgan fingerprint density at radius 2 is 1.00 bits per heavy atom. The quantitative estimate of drug-likeness (QED) is 0.156. The lowest BCUT2D eigenvalue weighted by atomic mass is 10.3. The van der Waals surface area contributed by atoms with Gasteiger partial charge in [0.05, 0.1) is 18.2 Å². The van der Waals surface area contributed by atoms with E-state index in [1.807, 2.05) is 0 Å².